The molecule has 1 aliphatic heterocycles. The molecule has 3 aromatic rings. The van der Waals surface area contributed by atoms with E-state index < -0.39 is 12.1 Å². The number of fused-ring (bicyclic) bond motifs is 1. The molecule has 0 bridgehead atoms. The smallest absolute Gasteiger partial charge is 0.408 e. The molecule has 1 atom stereocenters. The van der Waals surface area contributed by atoms with Gasteiger partial charge in [-0.3, -0.25) is 4.57 Å². The van der Waals surface area contributed by atoms with E-state index in [0.29, 0.717) is 23.2 Å². The van der Waals surface area contributed by atoms with Crippen LogP contribution in [-0.4, -0.2) is 23.5 Å². The monoisotopic (exact) mass is 378 g/mol. The van der Waals surface area contributed by atoms with Crippen molar-refractivity contribution in [2.75, 3.05) is 6.54 Å². The second kappa shape index (κ2) is 6.77. The van der Waals surface area contributed by atoms with E-state index in [9.17, 15) is 18.0 Å². The van der Waals surface area contributed by atoms with Crippen molar-refractivity contribution < 1.29 is 22.3 Å². The molecule has 1 saturated heterocycles. The van der Waals surface area contributed by atoms with Gasteiger partial charge in [-0.2, -0.15) is 0 Å². The number of benzene rings is 2. The first kappa shape index (κ1) is 17.7. The second-order valence-corrected chi connectivity index (χ2v) is 6.53. The van der Waals surface area contributed by atoms with Crippen LogP contribution in [0.1, 0.15) is 12.8 Å². The third-order valence-electron chi connectivity index (χ3n) is 4.65. The third kappa shape index (κ3) is 3.85. The highest BCUT2D eigenvalue weighted by Gasteiger charge is 2.31. The Balaban J connectivity index is 1.65. The number of rotatable bonds is 4. The van der Waals surface area contributed by atoms with Crippen LogP contribution in [0.4, 0.5) is 13.2 Å². The minimum absolute atomic E-state index is 0.228. The van der Waals surface area contributed by atoms with Crippen LogP contribution in [-0.2, 0) is 6.54 Å². The number of nitrogens with zero attached hydrogens (tertiary/aromatic N) is 1. The molecule has 0 aliphatic carbocycles. The fraction of sp³-hybridized carbons (Fsp3) is 0.316. The molecule has 4 rings (SSSR count). The van der Waals surface area contributed by atoms with Gasteiger partial charge < -0.3 is 14.5 Å². The number of aromatic nitrogens is 1. The summed E-state index contributed by atoms with van der Waals surface area (Å²) in [5, 5.41) is 3.35. The van der Waals surface area contributed by atoms with Crippen LogP contribution in [0.5, 0.6) is 5.75 Å². The van der Waals surface area contributed by atoms with Crippen molar-refractivity contribution in [2.45, 2.75) is 31.8 Å². The first-order valence-electron chi connectivity index (χ1n) is 8.62. The number of nitrogens with one attached hydrogen (secondary N) is 1. The summed E-state index contributed by atoms with van der Waals surface area (Å²) in [5.41, 5.74) is 2.64. The van der Waals surface area contributed by atoms with Gasteiger partial charge in [0.1, 0.15) is 5.75 Å². The lowest BCUT2D eigenvalue weighted by molar-refractivity contribution is -0.274. The average Bonchev–Trinajstić information content (AvgIpc) is 3.23. The van der Waals surface area contributed by atoms with Gasteiger partial charge in [0.2, 0.25) is 0 Å². The molecule has 5 nitrogen and oxygen atoms in total. The van der Waals surface area contributed by atoms with Crippen molar-refractivity contribution in [3.63, 3.8) is 0 Å². The fourth-order valence-corrected chi connectivity index (χ4v) is 3.40. The highest BCUT2D eigenvalue weighted by molar-refractivity contribution is 5.80. The average molecular weight is 378 g/mol. The van der Waals surface area contributed by atoms with Crippen LogP contribution >= 0.6 is 0 Å². The van der Waals surface area contributed by atoms with Gasteiger partial charge in [-0.15, -0.1) is 13.2 Å². The molecule has 0 unspecified atom stereocenters. The maximum Gasteiger partial charge on any atom is 0.573 e. The van der Waals surface area contributed by atoms with Crippen molar-refractivity contribution >= 4 is 11.1 Å². The van der Waals surface area contributed by atoms with E-state index in [4.69, 9.17) is 4.42 Å². The third-order valence-corrected chi connectivity index (χ3v) is 4.65. The molecule has 0 spiro atoms. The summed E-state index contributed by atoms with van der Waals surface area (Å²) in [6.07, 6.45) is -2.65. The van der Waals surface area contributed by atoms with Crippen molar-refractivity contribution in [2.24, 2.45) is 0 Å². The number of halogens is 3. The Bertz CT molecular complexity index is 1000. The van der Waals surface area contributed by atoms with Gasteiger partial charge in [-0.25, -0.2) is 4.79 Å². The van der Waals surface area contributed by atoms with E-state index >= 15 is 0 Å². The molecule has 2 heterocycles. The molecule has 1 aliphatic rings. The Morgan fingerprint density at radius 2 is 1.89 bits per heavy atom. The van der Waals surface area contributed by atoms with Gasteiger partial charge in [-0.1, -0.05) is 18.2 Å². The molecule has 0 saturated carbocycles. The number of hydrogen-bond donors (Lipinski definition) is 1. The molecule has 8 heteroatoms. The van der Waals surface area contributed by atoms with Crippen LogP contribution in [0.15, 0.2) is 51.7 Å². The summed E-state index contributed by atoms with van der Waals surface area (Å²) in [5.74, 6) is -0.690. The highest BCUT2D eigenvalue weighted by atomic mass is 19.4. The van der Waals surface area contributed by atoms with Gasteiger partial charge in [0.05, 0.1) is 5.52 Å². The largest absolute Gasteiger partial charge is 0.573 e. The Morgan fingerprint density at radius 3 is 2.56 bits per heavy atom. The van der Waals surface area contributed by atoms with Crippen molar-refractivity contribution in [1.82, 2.24) is 9.88 Å². The maximum absolute atomic E-state index is 12.3. The van der Waals surface area contributed by atoms with Crippen molar-refractivity contribution in [3.8, 4) is 16.9 Å². The van der Waals surface area contributed by atoms with E-state index in [1.807, 2.05) is 6.07 Å². The van der Waals surface area contributed by atoms with Gasteiger partial charge in [0, 0.05) is 12.6 Å². The standard InChI is InChI=1S/C19H17F3N2O3/c20-19(21,22)27-15-6-3-12(4-7-15)13-5-8-17-16(10-13)24(18(25)26-17)11-14-2-1-9-23-14/h3-8,10,14,23H,1-2,9,11H2/t14-/m1/s1. The van der Waals surface area contributed by atoms with Crippen LogP contribution in [0, 0.1) is 0 Å². The summed E-state index contributed by atoms with van der Waals surface area (Å²) in [6.45, 7) is 1.46. The van der Waals surface area contributed by atoms with Gasteiger partial charge in [-0.05, 0) is 54.8 Å². The van der Waals surface area contributed by atoms with E-state index in [2.05, 4.69) is 10.1 Å². The minimum atomic E-state index is -4.72. The van der Waals surface area contributed by atoms with Gasteiger partial charge >= 0.3 is 12.1 Å². The zero-order chi connectivity index (χ0) is 19.0. The predicted octanol–water partition coefficient (Wildman–Crippen LogP) is 3.91. The highest BCUT2D eigenvalue weighted by Crippen LogP contribution is 2.28. The molecule has 1 N–H and O–H groups in total. The summed E-state index contributed by atoms with van der Waals surface area (Å²) < 4.78 is 47.7. The molecule has 0 radical (unpaired) electrons. The zero-order valence-corrected chi connectivity index (χ0v) is 14.3. The number of ether oxygens (including phenoxy) is 1. The number of hydrogen-bond acceptors (Lipinski definition) is 4. The van der Waals surface area contributed by atoms with Gasteiger partial charge in [0.15, 0.2) is 5.58 Å². The summed E-state index contributed by atoms with van der Waals surface area (Å²) in [7, 11) is 0. The maximum atomic E-state index is 12.3. The normalized spacial score (nSPS) is 17.5. The van der Waals surface area contributed by atoms with E-state index in [1.54, 1.807) is 28.8 Å². The van der Waals surface area contributed by atoms with E-state index in [0.717, 1.165) is 24.9 Å². The van der Waals surface area contributed by atoms with E-state index in [-0.39, 0.29) is 11.8 Å². The van der Waals surface area contributed by atoms with Crippen LogP contribution in [0.3, 0.4) is 0 Å². The second-order valence-electron chi connectivity index (χ2n) is 6.53. The molecule has 0 amide bonds. The number of alkyl halides is 3. The van der Waals surface area contributed by atoms with Crippen LogP contribution in [0.25, 0.3) is 22.2 Å². The lowest BCUT2D eigenvalue weighted by atomic mass is 10.1. The molecule has 1 aromatic heterocycles. The Hall–Kier alpha value is -2.74. The Labute approximate surface area is 152 Å². The topological polar surface area (TPSA) is 56.4 Å². The Morgan fingerprint density at radius 1 is 1.15 bits per heavy atom. The lowest BCUT2D eigenvalue weighted by Gasteiger charge is -2.11. The van der Waals surface area contributed by atoms with Crippen molar-refractivity contribution in [1.29, 1.82) is 0 Å². The Kier molecular flexibility index (Phi) is 4.43. The molecular weight excluding hydrogens is 361 g/mol. The van der Waals surface area contributed by atoms with Crippen LogP contribution in [0.2, 0.25) is 0 Å². The fourth-order valence-electron chi connectivity index (χ4n) is 3.40. The quantitative estimate of drug-likeness (QED) is 0.748. The van der Waals surface area contributed by atoms with Crippen LogP contribution < -0.4 is 15.8 Å². The van der Waals surface area contributed by atoms with E-state index in [1.165, 1.54) is 12.1 Å². The summed E-state index contributed by atoms with van der Waals surface area (Å²) in [6, 6.07) is 11.1. The molecule has 27 heavy (non-hydrogen) atoms. The SMILES string of the molecule is O=c1oc2ccc(-c3ccc(OC(F)(F)F)cc3)cc2n1C[C@H]1CCCN1. The minimum Gasteiger partial charge on any atom is -0.408 e. The molecule has 142 valence electrons. The lowest BCUT2D eigenvalue weighted by Crippen LogP contribution is -2.30. The number of oxazole rings is 1. The zero-order valence-electron chi connectivity index (χ0n) is 14.3. The molecule has 1 fully saturated rings. The van der Waals surface area contributed by atoms with Gasteiger partial charge in [0.25, 0.3) is 0 Å². The summed E-state index contributed by atoms with van der Waals surface area (Å²) in [4.78, 5) is 12.2. The van der Waals surface area contributed by atoms with Crippen molar-refractivity contribution in [3.05, 3.63) is 53.0 Å². The molecular formula is C19H17F3N2O3. The first-order chi connectivity index (χ1) is 12.9. The molecule has 2 aromatic carbocycles. The first-order valence-corrected chi connectivity index (χ1v) is 8.62. The summed E-state index contributed by atoms with van der Waals surface area (Å²) >= 11 is 0. The predicted molar refractivity (Wildman–Crippen MR) is 93.6 cm³/mol.